The molecule has 0 aliphatic carbocycles. The predicted octanol–water partition coefficient (Wildman–Crippen LogP) is 3.21. The van der Waals surface area contributed by atoms with Crippen LogP contribution in [0.4, 0.5) is 0 Å². The van der Waals surface area contributed by atoms with Crippen LogP contribution in [-0.4, -0.2) is 25.0 Å². The number of piperidine rings is 1. The van der Waals surface area contributed by atoms with Crippen molar-refractivity contribution in [2.75, 3.05) is 13.1 Å². The number of para-hydroxylation sites is 1. The van der Waals surface area contributed by atoms with Gasteiger partial charge in [0.15, 0.2) is 0 Å². The molecule has 1 amide bonds. The van der Waals surface area contributed by atoms with E-state index in [0.29, 0.717) is 6.61 Å². The first-order valence-electron chi connectivity index (χ1n) is 7.68. The molecule has 3 heterocycles. The summed E-state index contributed by atoms with van der Waals surface area (Å²) in [7, 11) is 0. The largest absolute Gasteiger partial charge is 0.488 e. The van der Waals surface area contributed by atoms with Gasteiger partial charge in [-0.1, -0.05) is 12.1 Å². The molecule has 4 nitrogen and oxygen atoms in total. The SMILES string of the molecule is Cl.O=C(N[C@H]1CCCNC1)c1cc2c(s1)-c1ccccc1OC2. The van der Waals surface area contributed by atoms with E-state index in [9.17, 15) is 4.79 Å². The first-order valence-corrected chi connectivity index (χ1v) is 8.49. The Morgan fingerprint density at radius 2 is 2.22 bits per heavy atom. The van der Waals surface area contributed by atoms with Gasteiger partial charge in [-0.25, -0.2) is 0 Å². The van der Waals surface area contributed by atoms with E-state index in [1.165, 1.54) is 0 Å². The van der Waals surface area contributed by atoms with E-state index < -0.39 is 0 Å². The quantitative estimate of drug-likeness (QED) is 0.874. The number of thiophene rings is 1. The van der Waals surface area contributed by atoms with Crippen LogP contribution in [0, 0.1) is 0 Å². The molecule has 2 aromatic rings. The van der Waals surface area contributed by atoms with E-state index in [4.69, 9.17) is 4.74 Å². The van der Waals surface area contributed by atoms with Gasteiger partial charge in [0.2, 0.25) is 0 Å². The van der Waals surface area contributed by atoms with Gasteiger partial charge in [0.1, 0.15) is 12.4 Å². The highest BCUT2D eigenvalue weighted by Crippen LogP contribution is 2.42. The summed E-state index contributed by atoms with van der Waals surface area (Å²) in [5.74, 6) is 0.936. The van der Waals surface area contributed by atoms with Crippen LogP contribution in [0.2, 0.25) is 0 Å². The van der Waals surface area contributed by atoms with Crippen LogP contribution >= 0.6 is 23.7 Å². The molecular weight excluding hydrogens is 332 g/mol. The number of hydrogen-bond donors (Lipinski definition) is 2. The topological polar surface area (TPSA) is 50.4 Å². The number of halogens is 1. The molecule has 1 aromatic heterocycles. The molecule has 1 atom stereocenters. The number of rotatable bonds is 2. The molecule has 0 unspecified atom stereocenters. The lowest BCUT2D eigenvalue weighted by Crippen LogP contribution is -2.45. The molecule has 2 N–H and O–H groups in total. The van der Waals surface area contributed by atoms with Crippen LogP contribution in [0.1, 0.15) is 28.1 Å². The lowest BCUT2D eigenvalue weighted by atomic mass is 10.1. The molecule has 1 fully saturated rings. The standard InChI is InChI=1S/C17H18N2O2S.ClH/c20-17(19-12-4-3-7-18-9-12)15-8-11-10-21-14-6-2-1-5-13(14)16(11)22-15;/h1-2,5-6,8,12,18H,3-4,7,9-10H2,(H,19,20);1H/t12-;/m0./s1. The van der Waals surface area contributed by atoms with Crippen molar-refractivity contribution >= 4 is 29.7 Å². The molecule has 0 bridgehead atoms. The van der Waals surface area contributed by atoms with Crippen molar-refractivity contribution in [3.05, 3.63) is 40.8 Å². The maximum Gasteiger partial charge on any atom is 0.261 e. The number of benzene rings is 1. The van der Waals surface area contributed by atoms with Crippen molar-refractivity contribution in [1.29, 1.82) is 0 Å². The third-order valence-corrected chi connectivity index (χ3v) is 5.39. The Bertz CT molecular complexity index is 710. The molecule has 4 rings (SSSR count). The predicted molar refractivity (Wildman–Crippen MR) is 94.7 cm³/mol. The third kappa shape index (κ3) is 3.22. The molecule has 23 heavy (non-hydrogen) atoms. The van der Waals surface area contributed by atoms with Crippen LogP contribution in [0.15, 0.2) is 30.3 Å². The summed E-state index contributed by atoms with van der Waals surface area (Å²) >= 11 is 1.56. The fourth-order valence-electron chi connectivity index (χ4n) is 3.04. The van der Waals surface area contributed by atoms with Gasteiger partial charge in [0.05, 0.1) is 4.88 Å². The first-order chi connectivity index (χ1) is 10.8. The van der Waals surface area contributed by atoms with E-state index in [2.05, 4.69) is 16.7 Å². The van der Waals surface area contributed by atoms with Crippen molar-refractivity contribution in [1.82, 2.24) is 10.6 Å². The molecule has 6 heteroatoms. The summed E-state index contributed by atoms with van der Waals surface area (Å²) in [5.41, 5.74) is 2.20. The lowest BCUT2D eigenvalue weighted by Gasteiger charge is -2.23. The van der Waals surface area contributed by atoms with Gasteiger partial charge < -0.3 is 15.4 Å². The number of fused-ring (bicyclic) bond motifs is 3. The highest BCUT2D eigenvalue weighted by molar-refractivity contribution is 7.17. The zero-order valence-electron chi connectivity index (χ0n) is 12.6. The Balaban J connectivity index is 0.00000156. The van der Waals surface area contributed by atoms with Gasteiger partial charge >= 0.3 is 0 Å². The number of carbonyl (C=O) groups excluding carboxylic acids is 1. The molecule has 2 aliphatic heterocycles. The molecule has 0 spiro atoms. The van der Waals surface area contributed by atoms with Crippen LogP contribution in [0.25, 0.3) is 10.4 Å². The summed E-state index contributed by atoms with van der Waals surface area (Å²) in [6, 6.07) is 10.2. The Morgan fingerprint density at radius 3 is 3.04 bits per heavy atom. The van der Waals surface area contributed by atoms with E-state index >= 15 is 0 Å². The van der Waals surface area contributed by atoms with Crippen molar-refractivity contribution in [2.45, 2.75) is 25.5 Å². The van der Waals surface area contributed by atoms with Gasteiger partial charge in [-0.05, 0) is 37.6 Å². The minimum absolute atomic E-state index is 0. The average molecular weight is 351 g/mol. The number of nitrogens with one attached hydrogen (secondary N) is 2. The van der Waals surface area contributed by atoms with Gasteiger partial charge in [0, 0.05) is 28.6 Å². The van der Waals surface area contributed by atoms with Crippen molar-refractivity contribution < 1.29 is 9.53 Å². The summed E-state index contributed by atoms with van der Waals surface area (Å²) in [4.78, 5) is 14.4. The van der Waals surface area contributed by atoms with Crippen molar-refractivity contribution in [2.24, 2.45) is 0 Å². The lowest BCUT2D eigenvalue weighted by molar-refractivity contribution is 0.0934. The summed E-state index contributed by atoms with van der Waals surface area (Å²) in [5, 5.41) is 6.46. The Kier molecular flexibility index (Phi) is 4.90. The van der Waals surface area contributed by atoms with Crippen LogP contribution < -0.4 is 15.4 Å². The molecule has 1 saturated heterocycles. The maximum atomic E-state index is 12.5. The van der Waals surface area contributed by atoms with E-state index in [1.54, 1.807) is 11.3 Å². The summed E-state index contributed by atoms with van der Waals surface area (Å²) in [6.07, 6.45) is 2.17. The zero-order chi connectivity index (χ0) is 14.9. The van der Waals surface area contributed by atoms with Gasteiger partial charge in [-0.2, -0.15) is 0 Å². The van der Waals surface area contributed by atoms with E-state index in [-0.39, 0.29) is 24.4 Å². The first kappa shape index (κ1) is 16.3. The number of hydrogen-bond acceptors (Lipinski definition) is 4. The van der Waals surface area contributed by atoms with Crippen molar-refractivity contribution in [3.63, 3.8) is 0 Å². The van der Waals surface area contributed by atoms with E-state index in [0.717, 1.165) is 52.6 Å². The second-order valence-corrected chi connectivity index (χ2v) is 6.82. The maximum absolute atomic E-state index is 12.5. The zero-order valence-corrected chi connectivity index (χ0v) is 14.3. The van der Waals surface area contributed by atoms with Gasteiger partial charge in [0.25, 0.3) is 5.91 Å². The fraction of sp³-hybridized carbons (Fsp3) is 0.353. The molecule has 0 radical (unpaired) electrons. The molecule has 1 aromatic carbocycles. The summed E-state index contributed by atoms with van der Waals surface area (Å²) < 4.78 is 5.76. The van der Waals surface area contributed by atoms with Crippen LogP contribution in [0.5, 0.6) is 5.75 Å². The number of carbonyl (C=O) groups is 1. The minimum Gasteiger partial charge on any atom is -0.488 e. The highest BCUT2D eigenvalue weighted by Gasteiger charge is 2.23. The molecule has 2 aliphatic rings. The van der Waals surface area contributed by atoms with Crippen LogP contribution in [0.3, 0.4) is 0 Å². The van der Waals surface area contributed by atoms with Gasteiger partial charge in [-0.15, -0.1) is 23.7 Å². The fourth-order valence-corrected chi connectivity index (χ4v) is 4.14. The minimum atomic E-state index is 0. The molecular formula is C17H19ClN2O2S. The Labute approximate surface area is 145 Å². The molecule has 122 valence electrons. The average Bonchev–Trinajstić information content (AvgIpc) is 3.00. The second kappa shape index (κ2) is 6.91. The van der Waals surface area contributed by atoms with Gasteiger partial charge in [-0.3, -0.25) is 4.79 Å². The Hall–Kier alpha value is -1.56. The molecule has 0 saturated carbocycles. The highest BCUT2D eigenvalue weighted by atomic mass is 35.5. The Morgan fingerprint density at radius 1 is 1.35 bits per heavy atom. The third-order valence-electron chi connectivity index (χ3n) is 4.18. The normalized spacial score (nSPS) is 18.9. The smallest absolute Gasteiger partial charge is 0.261 e. The monoisotopic (exact) mass is 350 g/mol. The number of amides is 1. The van der Waals surface area contributed by atoms with Crippen molar-refractivity contribution in [3.8, 4) is 16.2 Å². The number of ether oxygens (including phenoxy) is 1. The van der Waals surface area contributed by atoms with Crippen LogP contribution in [-0.2, 0) is 6.61 Å². The summed E-state index contributed by atoms with van der Waals surface area (Å²) in [6.45, 7) is 2.46. The van der Waals surface area contributed by atoms with E-state index in [1.807, 2.05) is 24.3 Å². The second-order valence-electron chi connectivity index (χ2n) is 5.77.